The van der Waals surface area contributed by atoms with Crippen LogP contribution in [0.5, 0.6) is 0 Å². The van der Waals surface area contributed by atoms with Gasteiger partial charge in [0, 0.05) is 12.8 Å². The Morgan fingerprint density at radius 1 is 0.550 bits per heavy atom. The number of phosphoric ester groups is 1. The van der Waals surface area contributed by atoms with Crippen molar-refractivity contribution in [3.63, 3.8) is 0 Å². The largest absolute Gasteiger partial charge is 0.480 e. The number of aliphatic hydroxyl groups excluding tert-OH is 1. The maximum absolute atomic E-state index is 12.3. The average Bonchev–Trinajstić information content (AvgIpc) is 3.22. The number of carbonyl (C=O) groups is 3. The molecular formula is C48H80NO10P. The highest BCUT2D eigenvalue weighted by Gasteiger charge is 2.28. The number of esters is 1. The maximum Gasteiger partial charge on any atom is 0.472 e. The lowest BCUT2D eigenvalue weighted by Crippen LogP contribution is -2.43. The third-order valence-corrected chi connectivity index (χ3v) is 10.1. The van der Waals surface area contributed by atoms with Gasteiger partial charge in [0.05, 0.1) is 13.2 Å². The SMILES string of the molecule is CC/C=C\C/C=C\C/C=C\CCCCCCCCCC(=O)OCC(O)COP(=O)(O)OCC(NC(=O)CCCCC/C=C\C/C=C\C/C=C\C/C=C\CCCCC)C(=O)O. The Hall–Kier alpha value is -3.34. The lowest BCUT2D eigenvalue weighted by atomic mass is 10.1. The summed E-state index contributed by atoms with van der Waals surface area (Å²) in [5.74, 6) is -2.44. The number of allylic oxidation sites excluding steroid dienone is 14. The molecule has 12 heteroatoms. The van der Waals surface area contributed by atoms with Crippen molar-refractivity contribution in [3.05, 3.63) is 85.1 Å². The first-order valence-electron chi connectivity index (χ1n) is 22.6. The standard InChI is InChI=1S/C48H80NO10P/c1-3-5-7-9-11-13-15-17-19-21-22-24-25-27-29-31-33-35-37-39-46(51)49-45(48(53)54)43-59-60(55,56)58-42-44(50)41-57-47(52)40-38-36-34-32-30-28-26-23-20-18-16-14-12-10-8-6-4-2/h6,8,11-14,17-20,22,24,27,29,44-45,50H,3-5,7,9-10,15-16,21,23,25-26,28,30-43H2,1-2H3,(H,49,51)(H,53,54)(H,55,56)/b8-6-,13-11-,14-12-,19-17-,20-18-,24-22-,29-27-. The van der Waals surface area contributed by atoms with E-state index >= 15 is 0 Å². The van der Waals surface area contributed by atoms with Crippen LogP contribution >= 0.6 is 7.82 Å². The normalized spacial score (nSPS) is 14.5. The number of aliphatic carboxylic acids is 1. The zero-order valence-corrected chi connectivity index (χ0v) is 37.9. The summed E-state index contributed by atoms with van der Waals surface area (Å²) in [6, 6.07) is -1.57. The van der Waals surface area contributed by atoms with Gasteiger partial charge in [-0.1, -0.05) is 150 Å². The molecular weight excluding hydrogens is 781 g/mol. The Morgan fingerprint density at radius 2 is 0.967 bits per heavy atom. The van der Waals surface area contributed by atoms with Crippen molar-refractivity contribution in [1.82, 2.24) is 5.32 Å². The maximum atomic E-state index is 12.3. The predicted molar refractivity (Wildman–Crippen MR) is 244 cm³/mol. The van der Waals surface area contributed by atoms with E-state index in [9.17, 15) is 34.1 Å². The number of carboxylic acid groups (broad SMARTS) is 1. The van der Waals surface area contributed by atoms with E-state index in [-0.39, 0.29) is 12.8 Å². The first kappa shape index (κ1) is 56.7. The number of hydrogen-bond acceptors (Lipinski definition) is 8. The number of amides is 1. The van der Waals surface area contributed by atoms with Gasteiger partial charge in [0.1, 0.15) is 12.7 Å². The summed E-state index contributed by atoms with van der Waals surface area (Å²) in [4.78, 5) is 46.0. The zero-order chi connectivity index (χ0) is 44.2. The molecule has 0 spiro atoms. The summed E-state index contributed by atoms with van der Waals surface area (Å²) >= 11 is 0. The van der Waals surface area contributed by atoms with Crippen molar-refractivity contribution in [2.45, 2.75) is 180 Å². The number of unbranched alkanes of at least 4 members (excludes halogenated alkanes) is 13. The smallest absolute Gasteiger partial charge is 0.472 e. The molecule has 0 aliphatic carbocycles. The first-order chi connectivity index (χ1) is 29.1. The van der Waals surface area contributed by atoms with Gasteiger partial charge in [0.2, 0.25) is 5.91 Å². The van der Waals surface area contributed by atoms with Crippen LogP contribution in [-0.2, 0) is 32.7 Å². The van der Waals surface area contributed by atoms with Crippen LogP contribution in [0.4, 0.5) is 0 Å². The minimum absolute atomic E-state index is 0.103. The van der Waals surface area contributed by atoms with Crippen molar-refractivity contribution < 1.29 is 47.8 Å². The van der Waals surface area contributed by atoms with Crippen molar-refractivity contribution in [3.8, 4) is 0 Å². The minimum Gasteiger partial charge on any atom is -0.480 e. The molecule has 0 aliphatic heterocycles. The van der Waals surface area contributed by atoms with Crippen molar-refractivity contribution in [2.24, 2.45) is 0 Å². The Morgan fingerprint density at radius 3 is 1.47 bits per heavy atom. The van der Waals surface area contributed by atoms with E-state index in [2.05, 4.69) is 104 Å². The van der Waals surface area contributed by atoms with E-state index in [4.69, 9.17) is 13.8 Å². The summed E-state index contributed by atoms with van der Waals surface area (Å²) in [5.41, 5.74) is 0. The van der Waals surface area contributed by atoms with Crippen LogP contribution in [0.15, 0.2) is 85.1 Å². The summed E-state index contributed by atoms with van der Waals surface area (Å²) < 4.78 is 26.8. The number of ether oxygens (including phenoxy) is 1. The molecule has 0 saturated carbocycles. The molecule has 0 fully saturated rings. The second-order valence-electron chi connectivity index (χ2n) is 14.9. The van der Waals surface area contributed by atoms with Crippen molar-refractivity contribution >= 4 is 25.7 Å². The number of carbonyl (C=O) groups excluding carboxylic acids is 2. The van der Waals surface area contributed by atoms with Crippen LogP contribution < -0.4 is 5.32 Å². The third kappa shape index (κ3) is 41.4. The van der Waals surface area contributed by atoms with Crippen LogP contribution in [0.2, 0.25) is 0 Å². The highest BCUT2D eigenvalue weighted by Crippen LogP contribution is 2.43. The third-order valence-electron chi connectivity index (χ3n) is 9.17. The summed E-state index contributed by atoms with van der Waals surface area (Å²) in [5, 5.41) is 21.8. The fourth-order valence-electron chi connectivity index (χ4n) is 5.66. The number of rotatable bonds is 41. The van der Waals surface area contributed by atoms with E-state index in [1.165, 1.54) is 32.1 Å². The first-order valence-corrected chi connectivity index (χ1v) is 24.1. The Labute approximate surface area is 362 Å². The molecule has 0 aromatic heterocycles. The highest BCUT2D eigenvalue weighted by atomic mass is 31.2. The van der Waals surface area contributed by atoms with Crippen molar-refractivity contribution in [1.29, 1.82) is 0 Å². The van der Waals surface area contributed by atoms with Gasteiger partial charge in [-0.15, -0.1) is 0 Å². The predicted octanol–water partition coefficient (Wildman–Crippen LogP) is 11.9. The quantitative estimate of drug-likeness (QED) is 0.0201. The van der Waals surface area contributed by atoms with Crippen LogP contribution in [0.1, 0.15) is 168 Å². The lowest BCUT2D eigenvalue weighted by molar-refractivity contribution is -0.147. The number of carboxylic acids is 1. The summed E-state index contributed by atoms with van der Waals surface area (Å²) in [6.45, 7) is 2.41. The van der Waals surface area contributed by atoms with Gasteiger partial charge in [-0.05, 0) is 89.9 Å². The van der Waals surface area contributed by atoms with Crippen LogP contribution in [0.25, 0.3) is 0 Å². The molecule has 0 bridgehead atoms. The molecule has 342 valence electrons. The van der Waals surface area contributed by atoms with Gasteiger partial charge in [0.25, 0.3) is 0 Å². The summed E-state index contributed by atoms with van der Waals surface area (Å²) in [7, 11) is -4.78. The second kappa shape index (κ2) is 42.4. The Bertz CT molecular complexity index is 1340. The monoisotopic (exact) mass is 862 g/mol. The average molecular weight is 862 g/mol. The van der Waals surface area contributed by atoms with Gasteiger partial charge in [0.15, 0.2) is 6.04 Å². The molecule has 0 aliphatic rings. The Kier molecular flexibility index (Phi) is 40.0. The summed E-state index contributed by atoms with van der Waals surface area (Å²) in [6.07, 6.45) is 51.7. The zero-order valence-electron chi connectivity index (χ0n) is 37.0. The van der Waals surface area contributed by atoms with Gasteiger partial charge in [-0.3, -0.25) is 18.6 Å². The van der Waals surface area contributed by atoms with E-state index in [1.54, 1.807) is 0 Å². The number of phosphoric acid groups is 1. The molecule has 0 heterocycles. The molecule has 60 heavy (non-hydrogen) atoms. The molecule has 0 radical (unpaired) electrons. The number of aliphatic hydroxyl groups is 1. The fraction of sp³-hybridized carbons (Fsp3) is 0.646. The fourth-order valence-corrected chi connectivity index (χ4v) is 6.44. The number of nitrogens with one attached hydrogen (secondary N) is 1. The topological polar surface area (TPSA) is 169 Å². The van der Waals surface area contributed by atoms with E-state index in [1.807, 2.05) is 0 Å². The van der Waals surface area contributed by atoms with Gasteiger partial charge >= 0.3 is 19.8 Å². The molecule has 3 atom stereocenters. The molecule has 0 aromatic carbocycles. The molecule has 1 amide bonds. The molecule has 0 aromatic rings. The molecule has 0 rings (SSSR count). The number of hydrogen-bond donors (Lipinski definition) is 4. The highest BCUT2D eigenvalue weighted by molar-refractivity contribution is 7.47. The molecule has 3 unspecified atom stereocenters. The van der Waals surface area contributed by atoms with Gasteiger partial charge in [-0.25, -0.2) is 9.36 Å². The molecule has 0 saturated heterocycles. The lowest BCUT2D eigenvalue weighted by Gasteiger charge is -2.18. The van der Waals surface area contributed by atoms with E-state index in [0.29, 0.717) is 12.8 Å². The molecule has 4 N–H and O–H groups in total. The van der Waals surface area contributed by atoms with Crippen LogP contribution in [-0.4, -0.2) is 64.9 Å². The van der Waals surface area contributed by atoms with Crippen LogP contribution in [0, 0.1) is 0 Å². The molecule has 11 nitrogen and oxygen atoms in total. The van der Waals surface area contributed by atoms with Gasteiger partial charge in [-0.2, -0.15) is 0 Å². The van der Waals surface area contributed by atoms with E-state index < -0.39 is 57.6 Å². The second-order valence-corrected chi connectivity index (χ2v) is 16.3. The van der Waals surface area contributed by atoms with E-state index in [0.717, 1.165) is 96.3 Å². The van der Waals surface area contributed by atoms with Crippen LogP contribution in [0.3, 0.4) is 0 Å². The van der Waals surface area contributed by atoms with Crippen molar-refractivity contribution in [2.75, 3.05) is 19.8 Å². The van der Waals surface area contributed by atoms with Gasteiger partial charge < -0.3 is 25.2 Å². The minimum atomic E-state index is -4.78. The Balaban J connectivity index is 3.98.